The van der Waals surface area contributed by atoms with E-state index < -0.39 is 0 Å². The van der Waals surface area contributed by atoms with Crippen LogP contribution in [0.1, 0.15) is 44.3 Å². The molecule has 3 atom stereocenters. The third-order valence-corrected chi connectivity index (χ3v) is 4.20. The number of hydrogen-bond acceptors (Lipinski definition) is 3. The fraction of sp³-hybridized carbons (Fsp3) is 0.400. The zero-order valence-electron chi connectivity index (χ0n) is 13.5. The molecule has 23 heavy (non-hydrogen) atoms. The first-order valence-electron chi connectivity index (χ1n) is 8.41. The molecule has 0 amide bonds. The Morgan fingerprint density at radius 3 is 2.61 bits per heavy atom. The van der Waals surface area contributed by atoms with Crippen molar-refractivity contribution in [1.29, 1.82) is 0 Å². The van der Waals surface area contributed by atoms with Crippen molar-refractivity contribution in [2.24, 2.45) is 0 Å². The molecule has 2 aromatic carbocycles. The summed E-state index contributed by atoms with van der Waals surface area (Å²) in [4.78, 5) is 0. The summed E-state index contributed by atoms with van der Waals surface area (Å²) >= 11 is 0. The van der Waals surface area contributed by atoms with Crippen LogP contribution >= 0.6 is 0 Å². The van der Waals surface area contributed by atoms with Gasteiger partial charge in [0.2, 0.25) is 0 Å². The Balaban J connectivity index is 1.73. The molecule has 1 fully saturated rings. The van der Waals surface area contributed by atoms with Crippen molar-refractivity contribution in [3.63, 3.8) is 0 Å². The summed E-state index contributed by atoms with van der Waals surface area (Å²) < 4.78 is 12.1. The molecular weight excluding hydrogens is 288 g/mol. The Kier molecular flexibility index (Phi) is 5.31. The van der Waals surface area contributed by atoms with Crippen molar-refractivity contribution in [3.05, 3.63) is 60.2 Å². The molecule has 3 rings (SSSR count). The van der Waals surface area contributed by atoms with Crippen LogP contribution < -0.4 is 4.74 Å². The van der Waals surface area contributed by atoms with Crippen LogP contribution in [0.4, 0.5) is 0 Å². The fourth-order valence-electron chi connectivity index (χ4n) is 3.12. The summed E-state index contributed by atoms with van der Waals surface area (Å²) in [5.74, 6) is 1.61. The van der Waals surface area contributed by atoms with Crippen molar-refractivity contribution < 1.29 is 14.6 Å². The van der Waals surface area contributed by atoms with Crippen LogP contribution in [0.5, 0.6) is 11.5 Å². The van der Waals surface area contributed by atoms with Crippen molar-refractivity contribution in [2.75, 3.05) is 0 Å². The van der Waals surface area contributed by atoms with E-state index in [9.17, 15) is 5.11 Å². The third-order valence-electron chi connectivity index (χ3n) is 4.20. The molecule has 0 aromatic heterocycles. The number of aliphatic hydroxyl groups is 1. The third kappa shape index (κ3) is 4.34. The average molecular weight is 312 g/mol. The molecule has 0 saturated carbocycles. The van der Waals surface area contributed by atoms with Gasteiger partial charge in [-0.15, -0.1) is 0 Å². The van der Waals surface area contributed by atoms with Crippen LogP contribution in [0.2, 0.25) is 0 Å². The van der Waals surface area contributed by atoms with E-state index >= 15 is 0 Å². The molecule has 122 valence electrons. The van der Waals surface area contributed by atoms with Crippen LogP contribution in [0.25, 0.3) is 0 Å². The number of benzene rings is 2. The standard InChI is InChI=1S/C20H24O3/c1-2-7-18-13-16(21)14-20(23-18)15-8-6-11-19(12-15)22-17-9-4-3-5-10-17/h3-6,8-12,16,18,20-21H,2,7,13-14H2,1H3/t16-,18+,20+/m0/s1. The molecule has 1 aliphatic heterocycles. The first-order chi connectivity index (χ1) is 11.2. The van der Waals surface area contributed by atoms with E-state index in [1.165, 1.54) is 0 Å². The van der Waals surface area contributed by atoms with Gasteiger partial charge in [-0.05, 0) is 42.7 Å². The van der Waals surface area contributed by atoms with Crippen LogP contribution in [0.15, 0.2) is 54.6 Å². The van der Waals surface area contributed by atoms with Gasteiger partial charge in [0, 0.05) is 6.42 Å². The maximum Gasteiger partial charge on any atom is 0.127 e. The lowest BCUT2D eigenvalue weighted by atomic mass is 9.94. The number of hydrogen-bond donors (Lipinski definition) is 1. The molecule has 0 spiro atoms. The molecule has 0 bridgehead atoms. The first-order valence-corrected chi connectivity index (χ1v) is 8.41. The lowest BCUT2D eigenvalue weighted by Gasteiger charge is -2.33. The van der Waals surface area contributed by atoms with E-state index in [2.05, 4.69) is 6.92 Å². The molecular formula is C20H24O3. The lowest BCUT2D eigenvalue weighted by Crippen LogP contribution is -2.31. The van der Waals surface area contributed by atoms with Crippen LogP contribution in [-0.2, 0) is 4.74 Å². The van der Waals surface area contributed by atoms with Gasteiger partial charge in [-0.1, -0.05) is 43.7 Å². The van der Waals surface area contributed by atoms with Crippen molar-refractivity contribution in [1.82, 2.24) is 0 Å². The summed E-state index contributed by atoms with van der Waals surface area (Å²) in [5, 5.41) is 10.1. The maximum absolute atomic E-state index is 10.1. The smallest absolute Gasteiger partial charge is 0.127 e. The van der Waals surface area contributed by atoms with Gasteiger partial charge >= 0.3 is 0 Å². The molecule has 1 saturated heterocycles. The molecule has 1 aliphatic rings. The first kappa shape index (κ1) is 16.0. The van der Waals surface area contributed by atoms with E-state index in [-0.39, 0.29) is 18.3 Å². The van der Waals surface area contributed by atoms with E-state index in [4.69, 9.17) is 9.47 Å². The minimum atomic E-state index is -0.288. The molecule has 2 aromatic rings. The zero-order valence-corrected chi connectivity index (χ0v) is 13.5. The van der Waals surface area contributed by atoms with Crippen molar-refractivity contribution in [2.45, 2.75) is 50.9 Å². The van der Waals surface area contributed by atoms with E-state index in [0.717, 1.165) is 36.3 Å². The quantitative estimate of drug-likeness (QED) is 0.857. The largest absolute Gasteiger partial charge is 0.457 e. The van der Waals surface area contributed by atoms with E-state index in [1.54, 1.807) is 0 Å². The number of ether oxygens (including phenoxy) is 2. The molecule has 0 unspecified atom stereocenters. The second-order valence-electron chi connectivity index (χ2n) is 6.15. The fourth-order valence-corrected chi connectivity index (χ4v) is 3.12. The van der Waals surface area contributed by atoms with Gasteiger partial charge in [0.15, 0.2) is 0 Å². The molecule has 0 aliphatic carbocycles. The number of aliphatic hydroxyl groups excluding tert-OH is 1. The zero-order chi connectivity index (χ0) is 16.1. The lowest BCUT2D eigenvalue weighted by molar-refractivity contribution is -0.100. The highest BCUT2D eigenvalue weighted by Gasteiger charge is 2.29. The maximum atomic E-state index is 10.1. The molecule has 3 heteroatoms. The van der Waals surface area contributed by atoms with Gasteiger partial charge in [0.25, 0.3) is 0 Å². The predicted molar refractivity (Wildman–Crippen MR) is 90.7 cm³/mol. The Hall–Kier alpha value is -1.84. The second-order valence-corrected chi connectivity index (χ2v) is 6.15. The summed E-state index contributed by atoms with van der Waals surface area (Å²) in [6.07, 6.45) is 3.25. The van der Waals surface area contributed by atoms with Gasteiger partial charge in [-0.25, -0.2) is 0 Å². The number of para-hydroxylation sites is 1. The van der Waals surface area contributed by atoms with Gasteiger partial charge in [0.1, 0.15) is 11.5 Å². The van der Waals surface area contributed by atoms with E-state index in [0.29, 0.717) is 6.42 Å². The van der Waals surface area contributed by atoms with Gasteiger partial charge in [-0.2, -0.15) is 0 Å². The normalized spacial score (nSPS) is 24.3. The van der Waals surface area contributed by atoms with Crippen molar-refractivity contribution >= 4 is 0 Å². The van der Waals surface area contributed by atoms with E-state index in [1.807, 2.05) is 54.6 Å². The van der Waals surface area contributed by atoms with Gasteiger partial charge in [-0.3, -0.25) is 0 Å². The van der Waals surface area contributed by atoms with Crippen LogP contribution in [0, 0.1) is 0 Å². The predicted octanol–water partition coefficient (Wildman–Crippen LogP) is 4.86. The Bertz CT molecular complexity index is 611. The molecule has 0 radical (unpaired) electrons. The number of rotatable bonds is 5. The van der Waals surface area contributed by atoms with Crippen LogP contribution in [0.3, 0.4) is 0 Å². The molecule has 1 heterocycles. The summed E-state index contributed by atoms with van der Waals surface area (Å²) in [7, 11) is 0. The minimum Gasteiger partial charge on any atom is -0.457 e. The topological polar surface area (TPSA) is 38.7 Å². The van der Waals surface area contributed by atoms with Gasteiger partial charge < -0.3 is 14.6 Å². The van der Waals surface area contributed by atoms with Crippen molar-refractivity contribution in [3.8, 4) is 11.5 Å². The molecule has 1 N–H and O–H groups in total. The van der Waals surface area contributed by atoms with Crippen LogP contribution in [-0.4, -0.2) is 17.3 Å². The Morgan fingerprint density at radius 2 is 1.83 bits per heavy atom. The minimum absolute atomic E-state index is 0.0605. The van der Waals surface area contributed by atoms with Gasteiger partial charge in [0.05, 0.1) is 18.3 Å². The second kappa shape index (κ2) is 7.62. The summed E-state index contributed by atoms with van der Waals surface area (Å²) in [5.41, 5.74) is 1.07. The highest BCUT2D eigenvalue weighted by molar-refractivity contribution is 5.34. The summed E-state index contributed by atoms with van der Waals surface area (Å²) in [6, 6.07) is 17.7. The monoisotopic (exact) mass is 312 g/mol. The Labute approximate surface area is 137 Å². The SMILES string of the molecule is CCC[C@@H]1C[C@H](O)C[C@H](c2cccc(Oc3ccccc3)c2)O1. The highest BCUT2D eigenvalue weighted by atomic mass is 16.5. The molecule has 3 nitrogen and oxygen atoms in total. The highest BCUT2D eigenvalue weighted by Crippen LogP contribution is 2.35. The Morgan fingerprint density at radius 1 is 1.04 bits per heavy atom. The summed E-state index contributed by atoms with van der Waals surface area (Å²) in [6.45, 7) is 2.15. The average Bonchev–Trinajstić information content (AvgIpc) is 2.56.